The summed E-state index contributed by atoms with van der Waals surface area (Å²) in [6, 6.07) is 1.49. The van der Waals surface area contributed by atoms with Gasteiger partial charge in [0.1, 0.15) is 5.82 Å². The fourth-order valence-electron chi connectivity index (χ4n) is 1.49. The van der Waals surface area contributed by atoms with Crippen molar-refractivity contribution in [1.29, 1.82) is 0 Å². The number of methoxy groups -OCH3 is 1. The highest BCUT2D eigenvalue weighted by Gasteiger charge is 2.13. The number of nitrogen functional groups attached to an aromatic ring is 1. The molecule has 0 saturated carbocycles. The molecule has 6 nitrogen and oxygen atoms in total. The fraction of sp³-hybridized carbons (Fsp3) is 0.500. The molecule has 0 bridgehead atoms. The van der Waals surface area contributed by atoms with E-state index in [0.29, 0.717) is 24.4 Å². The molecule has 0 spiro atoms. The first-order chi connectivity index (χ1) is 8.58. The van der Waals surface area contributed by atoms with Crippen molar-refractivity contribution in [2.75, 3.05) is 31.3 Å². The van der Waals surface area contributed by atoms with Crippen LogP contribution < -0.4 is 11.1 Å². The molecule has 0 saturated heterocycles. The number of carbonyl (C=O) groups is 1. The summed E-state index contributed by atoms with van der Waals surface area (Å²) in [5.74, 6) is -0.172. The van der Waals surface area contributed by atoms with Gasteiger partial charge in [0.05, 0.1) is 30.7 Å². The normalized spacial score (nSPS) is 11.9. The molecule has 1 aromatic rings. The smallest absolute Gasteiger partial charge is 0.340 e. The maximum Gasteiger partial charge on any atom is 0.340 e. The first-order valence-corrected chi connectivity index (χ1v) is 5.77. The molecule has 6 heteroatoms. The number of esters is 1. The van der Waals surface area contributed by atoms with Crippen molar-refractivity contribution in [3.05, 3.63) is 17.8 Å². The first-order valence-electron chi connectivity index (χ1n) is 5.77. The van der Waals surface area contributed by atoms with Gasteiger partial charge in [-0.1, -0.05) is 0 Å². The molecular weight excluding hydrogens is 234 g/mol. The van der Waals surface area contributed by atoms with Gasteiger partial charge >= 0.3 is 5.97 Å². The maximum absolute atomic E-state index is 11.6. The molecule has 0 aliphatic rings. The number of rotatable bonds is 6. The van der Waals surface area contributed by atoms with Crippen LogP contribution in [0.25, 0.3) is 0 Å². The molecule has 18 heavy (non-hydrogen) atoms. The third-order valence-electron chi connectivity index (χ3n) is 2.36. The van der Waals surface area contributed by atoms with Gasteiger partial charge < -0.3 is 20.5 Å². The van der Waals surface area contributed by atoms with Crippen LogP contribution in [0.2, 0.25) is 0 Å². The minimum Gasteiger partial charge on any atom is -0.465 e. The molecule has 100 valence electrons. The fourth-order valence-corrected chi connectivity index (χ4v) is 1.49. The van der Waals surface area contributed by atoms with Crippen molar-refractivity contribution in [2.24, 2.45) is 0 Å². The Morgan fingerprint density at radius 2 is 2.33 bits per heavy atom. The van der Waals surface area contributed by atoms with Gasteiger partial charge in [-0.15, -0.1) is 0 Å². The Labute approximate surface area is 106 Å². The van der Waals surface area contributed by atoms with Gasteiger partial charge in [-0.05, 0) is 19.9 Å². The van der Waals surface area contributed by atoms with Crippen molar-refractivity contribution in [3.63, 3.8) is 0 Å². The number of carbonyl (C=O) groups excluding carboxylic acids is 1. The summed E-state index contributed by atoms with van der Waals surface area (Å²) in [6.45, 7) is 5.09. The summed E-state index contributed by atoms with van der Waals surface area (Å²) in [5.41, 5.74) is 6.51. The predicted octanol–water partition coefficient (Wildman–Crippen LogP) is 1.29. The van der Waals surface area contributed by atoms with E-state index in [-0.39, 0.29) is 11.9 Å². The number of nitrogens with zero attached hydrogens (tertiary/aromatic N) is 1. The van der Waals surface area contributed by atoms with Crippen LogP contribution in [-0.4, -0.2) is 37.3 Å². The first kappa shape index (κ1) is 14.2. The van der Waals surface area contributed by atoms with Crippen LogP contribution in [0.4, 0.5) is 11.5 Å². The van der Waals surface area contributed by atoms with Crippen molar-refractivity contribution >= 4 is 17.5 Å². The molecule has 1 aromatic heterocycles. The second-order valence-electron chi connectivity index (χ2n) is 3.79. The topological polar surface area (TPSA) is 86.5 Å². The minimum atomic E-state index is -0.448. The lowest BCUT2D eigenvalue weighted by Crippen LogP contribution is -2.21. The van der Waals surface area contributed by atoms with Crippen LogP contribution >= 0.6 is 0 Å². The quantitative estimate of drug-likeness (QED) is 0.743. The lowest BCUT2D eigenvalue weighted by Gasteiger charge is -2.15. The van der Waals surface area contributed by atoms with Crippen molar-refractivity contribution in [3.8, 4) is 0 Å². The van der Waals surface area contributed by atoms with Crippen LogP contribution in [-0.2, 0) is 9.47 Å². The summed E-state index contributed by atoms with van der Waals surface area (Å²) < 4.78 is 10.1. The van der Waals surface area contributed by atoms with Crippen molar-refractivity contribution in [2.45, 2.75) is 20.0 Å². The molecule has 1 rings (SSSR count). The zero-order valence-corrected chi connectivity index (χ0v) is 10.9. The van der Waals surface area contributed by atoms with Gasteiger partial charge in [0.2, 0.25) is 0 Å². The Hall–Kier alpha value is -1.82. The summed E-state index contributed by atoms with van der Waals surface area (Å²) >= 11 is 0. The average molecular weight is 253 g/mol. The van der Waals surface area contributed by atoms with Gasteiger partial charge in [-0.3, -0.25) is 0 Å². The number of hydrogen-bond donors (Lipinski definition) is 2. The van der Waals surface area contributed by atoms with Crippen LogP contribution in [0.5, 0.6) is 0 Å². The summed E-state index contributed by atoms with van der Waals surface area (Å²) in [5, 5.41) is 3.10. The molecule has 0 aliphatic carbocycles. The highest BCUT2D eigenvalue weighted by molar-refractivity contribution is 5.96. The highest BCUT2D eigenvalue weighted by Crippen LogP contribution is 2.17. The molecule has 0 radical (unpaired) electrons. The zero-order valence-electron chi connectivity index (χ0n) is 10.9. The number of nitrogens with one attached hydrogen (secondary N) is 1. The molecule has 1 atom stereocenters. The van der Waals surface area contributed by atoms with Crippen LogP contribution in [0.1, 0.15) is 24.2 Å². The van der Waals surface area contributed by atoms with E-state index in [2.05, 4.69) is 10.3 Å². The number of hydrogen-bond acceptors (Lipinski definition) is 6. The standard InChI is InChI=1S/C12H19N3O3/c1-4-18-8(2)6-14-10-7-15-11(13)5-9(10)12(16)17-3/h5,7-8,14H,4,6H2,1-3H3,(H2,13,15). The Morgan fingerprint density at radius 3 is 2.94 bits per heavy atom. The van der Waals surface area contributed by atoms with Gasteiger partial charge in [-0.25, -0.2) is 9.78 Å². The molecule has 0 amide bonds. The van der Waals surface area contributed by atoms with E-state index in [0.717, 1.165) is 0 Å². The summed E-state index contributed by atoms with van der Waals surface area (Å²) in [6.07, 6.45) is 1.55. The predicted molar refractivity (Wildman–Crippen MR) is 69.6 cm³/mol. The van der Waals surface area contributed by atoms with Crippen molar-refractivity contribution < 1.29 is 14.3 Å². The number of aromatic nitrogens is 1. The second kappa shape index (κ2) is 6.80. The third kappa shape index (κ3) is 3.89. The monoisotopic (exact) mass is 253 g/mol. The number of pyridine rings is 1. The Balaban J connectivity index is 2.78. The van der Waals surface area contributed by atoms with E-state index in [4.69, 9.17) is 15.2 Å². The lowest BCUT2D eigenvalue weighted by atomic mass is 10.2. The second-order valence-corrected chi connectivity index (χ2v) is 3.79. The molecule has 0 fully saturated rings. The van der Waals surface area contributed by atoms with Gasteiger partial charge in [-0.2, -0.15) is 0 Å². The average Bonchev–Trinajstić information content (AvgIpc) is 2.36. The van der Waals surface area contributed by atoms with E-state index in [9.17, 15) is 4.79 Å². The SMILES string of the molecule is CCOC(C)CNc1cnc(N)cc1C(=O)OC. The molecule has 0 aliphatic heterocycles. The molecule has 1 heterocycles. The molecule has 0 aromatic carbocycles. The number of anilines is 2. The van der Waals surface area contributed by atoms with E-state index >= 15 is 0 Å². The molecule has 1 unspecified atom stereocenters. The van der Waals surface area contributed by atoms with E-state index < -0.39 is 5.97 Å². The van der Waals surface area contributed by atoms with Crippen molar-refractivity contribution in [1.82, 2.24) is 4.98 Å². The van der Waals surface area contributed by atoms with Crippen LogP contribution in [0.15, 0.2) is 12.3 Å². The van der Waals surface area contributed by atoms with E-state index in [1.54, 1.807) is 0 Å². The highest BCUT2D eigenvalue weighted by atomic mass is 16.5. The van der Waals surface area contributed by atoms with Gasteiger partial charge in [0.25, 0.3) is 0 Å². The Morgan fingerprint density at radius 1 is 1.61 bits per heavy atom. The van der Waals surface area contributed by atoms with Crippen LogP contribution in [0, 0.1) is 0 Å². The summed E-state index contributed by atoms with van der Waals surface area (Å²) in [4.78, 5) is 15.5. The Bertz CT molecular complexity index is 410. The van der Waals surface area contributed by atoms with Crippen LogP contribution in [0.3, 0.4) is 0 Å². The molecular formula is C12H19N3O3. The maximum atomic E-state index is 11.6. The minimum absolute atomic E-state index is 0.0399. The number of ether oxygens (including phenoxy) is 2. The largest absolute Gasteiger partial charge is 0.465 e. The van der Waals surface area contributed by atoms with Gasteiger partial charge in [0.15, 0.2) is 0 Å². The van der Waals surface area contributed by atoms with E-state index in [1.165, 1.54) is 19.4 Å². The number of nitrogens with two attached hydrogens (primary N) is 1. The third-order valence-corrected chi connectivity index (χ3v) is 2.36. The van der Waals surface area contributed by atoms with E-state index in [1.807, 2.05) is 13.8 Å². The Kier molecular flexibility index (Phi) is 5.38. The molecule has 3 N–H and O–H groups in total. The zero-order chi connectivity index (χ0) is 13.5. The van der Waals surface area contributed by atoms with Gasteiger partial charge in [0, 0.05) is 13.2 Å². The summed E-state index contributed by atoms with van der Waals surface area (Å²) in [7, 11) is 1.32. The lowest BCUT2D eigenvalue weighted by molar-refractivity contribution is 0.0601.